The first kappa shape index (κ1) is 35.2. The van der Waals surface area contributed by atoms with Crippen LogP contribution in [0.25, 0.3) is 0 Å². The minimum absolute atomic E-state index is 0.0790. The van der Waals surface area contributed by atoms with Crippen molar-refractivity contribution in [3.63, 3.8) is 0 Å². The molecule has 0 radical (unpaired) electrons. The Morgan fingerprint density at radius 3 is 2.23 bits per heavy atom. The molecule has 4 amide bonds. The number of nitrogens with one attached hydrogen (secondary N) is 1. The summed E-state index contributed by atoms with van der Waals surface area (Å²) in [6.07, 6.45) is 3.05. The van der Waals surface area contributed by atoms with Crippen LogP contribution in [0.3, 0.4) is 0 Å². The van der Waals surface area contributed by atoms with E-state index in [-0.39, 0.29) is 41.1 Å². The average molecular weight is 771 g/mol. The summed E-state index contributed by atoms with van der Waals surface area (Å²) >= 11 is 19.3. The van der Waals surface area contributed by atoms with E-state index < -0.39 is 46.8 Å². The van der Waals surface area contributed by atoms with Gasteiger partial charge >= 0.3 is 0 Å². The fraction of sp³-hybridized carbons (Fsp3) is 0.268. The number of carbonyl (C=O) groups is 4. The first-order valence-corrected chi connectivity index (χ1v) is 18.5. The number of phenolic OH excluding ortho intramolecular Hbond substituents is 1. The summed E-state index contributed by atoms with van der Waals surface area (Å²) in [7, 11) is 1.53. The average Bonchev–Trinajstić information content (AvgIpc) is 3.54. The number of hydrogen-bond donors (Lipinski definition) is 2. The number of allylic oxidation sites excluding steroid dienone is 2. The molecule has 2 aliphatic carbocycles. The predicted octanol–water partition coefficient (Wildman–Crippen LogP) is 8.11. The molecule has 1 saturated carbocycles. The van der Waals surface area contributed by atoms with Crippen LogP contribution in [0.1, 0.15) is 42.4 Å². The van der Waals surface area contributed by atoms with Gasteiger partial charge in [0.25, 0.3) is 11.8 Å². The summed E-state index contributed by atoms with van der Waals surface area (Å²) in [6, 6.07) is 23.6. The lowest BCUT2D eigenvalue weighted by atomic mass is 9.49. The van der Waals surface area contributed by atoms with Gasteiger partial charge in [-0.05, 0) is 97.0 Å². The maximum atomic E-state index is 15.4. The Balaban J connectivity index is 1.33. The molecule has 8 rings (SSSR count). The van der Waals surface area contributed by atoms with Crippen LogP contribution < -0.4 is 15.1 Å². The molecule has 53 heavy (non-hydrogen) atoms. The highest BCUT2D eigenvalue weighted by Crippen LogP contribution is 2.65. The molecule has 6 unspecified atom stereocenters. The number of nitrogens with zero attached hydrogens (tertiary/aromatic N) is 2. The number of hydrogen-bond acceptors (Lipinski definition) is 7. The van der Waals surface area contributed by atoms with Crippen molar-refractivity contribution in [1.29, 1.82) is 0 Å². The number of phenols is 1. The normalized spacial score (nSPS) is 26.3. The van der Waals surface area contributed by atoms with E-state index in [2.05, 4.69) is 5.43 Å². The Morgan fingerprint density at radius 2 is 1.55 bits per heavy atom. The number of amides is 4. The zero-order valence-corrected chi connectivity index (χ0v) is 31.0. The molecule has 2 saturated heterocycles. The van der Waals surface area contributed by atoms with E-state index >= 15 is 4.79 Å². The van der Waals surface area contributed by atoms with Gasteiger partial charge in [-0.15, -0.1) is 0 Å². The number of rotatable bonds is 7. The van der Waals surface area contributed by atoms with Crippen LogP contribution in [-0.4, -0.2) is 40.9 Å². The number of hydrazine groups is 1. The van der Waals surface area contributed by atoms with Crippen molar-refractivity contribution in [1.82, 2.24) is 5.01 Å². The molecular formula is C41H34Cl3N3O6. The Morgan fingerprint density at radius 1 is 0.849 bits per heavy atom. The summed E-state index contributed by atoms with van der Waals surface area (Å²) < 4.78 is 5.45. The predicted molar refractivity (Wildman–Crippen MR) is 202 cm³/mol. The molecule has 3 fully saturated rings. The fourth-order valence-electron chi connectivity index (χ4n) is 9.08. The molecule has 12 heteroatoms. The van der Waals surface area contributed by atoms with E-state index in [0.29, 0.717) is 38.2 Å². The largest absolute Gasteiger partial charge is 0.508 e. The molecular weight excluding hydrogens is 737 g/mol. The van der Waals surface area contributed by atoms with Crippen molar-refractivity contribution in [3.8, 4) is 11.5 Å². The lowest BCUT2D eigenvalue weighted by Gasteiger charge is -2.50. The van der Waals surface area contributed by atoms with Gasteiger partial charge in [0.1, 0.15) is 11.5 Å². The highest BCUT2D eigenvalue weighted by Gasteiger charge is 2.70. The van der Waals surface area contributed by atoms with E-state index in [1.807, 2.05) is 25.1 Å². The molecule has 2 N–H and O–H groups in total. The van der Waals surface area contributed by atoms with Gasteiger partial charge < -0.3 is 9.84 Å². The van der Waals surface area contributed by atoms with Crippen LogP contribution in [0.2, 0.25) is 15.1 Å². The smallest absolute Gasteiger partial charge is 0.260 e. The van der Waals surface area contributed by atoms with E-state index in [9.17, 15) is 19.5 Å². The number of halogens is 3. The van der Waals surface area contributed by atoms with E-state index in [1.165, 1.54) is 24.1 Å². The number of aryl methyl sites for hydroxylation is 1. The molecule has 4 aromatic carbocycles. The summed E-state index contributed by atoms with van der Waals surface area (Å²) in [5.74, 6) is -5.49. The lowest BCUT2D eigenvalue weighted by molar-refractivity contribution is -0.138. The summed E-state index contributed by atoms with van der Waals surface area (Å²) in [4.78, 5) is 60.2. The zero-order chi connectivity index (χ0) is 37.3. The van der Waals surface area contributed by atoms with Gasteiger partial charge in [0.05, 0.1) is 46.7 Å². The number of carbonyl (C=O) groups excluding carboxylic acids is 4. The lowest BCUT2D eigenvalue weighted by Crippen LogP contribution is -2.53. The topological polar surface area (TPSA) is 116 Å². The van der Waals surface area contributed by atoms with Crippen molar-refractivity contribution in [2.24, 2.45) is 23.7 Å². The number of methoxy groups -OCH3 is 1. The van der Waals surface area contributed by atoms with Crippen molar-refractivity contribution in [2.45, 2.75) is 37.5 Å². The molecule has 0 spiro atoms. The van der Waals surface area contributed by atoms with E-state index in [0.717, 1.165) is 17.0 Å². The Hall–Kier alpha value is -4.83. The van der Waals surface area contributed by atoms with Gasteiger partial charge in [-0.1, -0.05) is 77.6 Å². The number of benzene rings is 4. The van der Waals surface area contributed by atoms with Crippen LogP contribution in [0, 0.1) is 23.7 Å². The third-order valence-electron chi connectivity index (χ3n) is 11.5. The van der Waals surface area contributed by atoms with Crippen molar-refractivity contribution in [3.05, 3.63) is 128 Å². The van der Waals surface area contributed by atoms with Gasteiger partial charge in [-0.3, -0.25) is 29.5 Å². The van der Waals surface area contributed by atoms with Crippen LogP contribution in [0.5, 0.6) is 11.5 Å². The molecule has 2 heterocycles. The van der Waals surface area contributed by atoms with Gasteiger partial charge in [0.2, 0.25) is 11.8 Å². The van der Waals surface area contributed by atoms with Gasteiger partial charge in [-0.25, -0.2) is 0 Å². The minimum Gasteiger partial charge on any atom is -0.508 e. The third kappa shape index (κ3) is 5.35. The number of fused-ring (bicyclic) bond motifs is 4. The molecule has 4 aliphatic rings. The fourth-order valence-corrected chi connectivity index (χ4v) is 9.71. The summed E-state index contributed by atoms with van der Waals surface area (Å²) in [5, 5.41) is 13.4. The number of anilines is 2. The molecule has 0 bridgehead atoms. The van der Waals surface area contributed by atoms with Crippen LogP contribution in [0.15, 0.2) is 96.6 Å². The van der Waals surface area contributed by atoms with Crippen LogP contribution in [0.4, 0.5) is 11.4 Å². The van der Waals surface area contributed by atoms with Crippen LogP contribution in [-0.2, 0) is 31.0 Å². The standard InChI is InChI=1S/C41H34Cl3N3O6/c1-3-21-4-10-25(11-5-21)46-37(49)28-15-14-27-29(35(28)39(46)51)20-31-38(50)47(45-33-16-8-24(43)19-32(33)44)40(52)41(31,22-6-12-26(53-2)13-7-22)36(27)30-18-23(42)9-17-34(30)48/h4-14,16-19,28-29,31,35-36,45,48H,3,15,20H2,1-2H3. The molecule has 6 atom stereocenters. The van der Waals surface area contributed by atoms with Crippen molar-refractivity contribution in [2.75, 3.05) is 17.4 Å². The maximum Gasteiger partial charge on any atom is 0.260 e. The quantitative estimate of drug-likeness (QED) is 0.144. The second-order valence-corrected chi connectivity index (χ2v) is 15.2. The first-order valence-electron chi connectivity index (χ1n) is 17.4. The monoisotopic (exact) mass is 769 g/mol. The van der Waals surface area contributed by atoms with Crippen LogP contribution >= 0.6 is 34.8 Å². The number of ether oxygens (including phenoxy) is 1. The first-order chi connectivity index (χ1) is 25.5. The van der Waals surface area contributed by atoms with Gasteiger partial charge in [0.15, 0.2) is 0 Å². The minimum atomic E-state index is -1.63. The zero-order valence-electron chi connectivity index (χ0n) is 28.7. The number of imide groups is 2. The van der Waals surface area contributed by atoms with E-state index in [1.54, 1.807) is 60.7 Å². The SMILES string of the molecule is CCc1ccc(N2C(=O)C3CC=C4C(CC5C(=O)N(Nc6ccc(Cl)cc6Cl)C(=O)C5(c5ccc(OC)cc5)C4c4cc(Cl)ccc4O)C3C2=O)cc1. The van der Waals surface area contributed by atoms with Crippen molar-refractivity contribution < 1.29 is 29.0 Å². The molecule has 0 aromatic heterocycles. The van der Waals surface area contributed by atoms with Gasteiger partial charge in [-0.2, -0.15) is 5.01 Å². The third-order valence-corrected chi connectivity index (χ3v) is 12.3. The Bertz CT molecular complexity index is 2220. The van der Waals surface area contributed by atoms with E-state index in [4.69, 9.17) is 39.5 Å². The maximum absolute atomic E-state index is 15.4. The Kier molecular flexibility index (Phi) is 8.79. The number of aromatic hydroxyl groups is 1. The summed E-state index contributed by atoms with van der Waals surface area (Å²) in [6.45, 7) is 2.03. The molecule has 9 nitrogen and oxygen atoms in total. The highest BCUT2D eigenvalue weighted by atomic mass is 35.5. The highest BCUT2D eigenvalue weighted by molar-refractivity contribution is 6.36. The second kappa shape index (κ2) is 13.2. The molecule has 4 aromatic rings. The summed E-state index contributed by atoms with van der Waals surface area (Å²) in [5.41, 5.74) is 4.70. The second-order valence-electron chi connectivity index (χ2n) is 13.9. The van der Waals surface area contributed by atoms with Crippen molar-refractivity contribution >= 4 is 69.8 Å². The van der Waals surface area contributed by atoms with Gasteiger partial charge in [0, 0.05) is 21.5 Å². The Labute approximate surface area is 321 Å². The molecule has 2 aliphatic heterocycles. The molecule has 270 valence electrons.